The number of piperazine rings is 1. The molecule has 17 heavy (non-hydrogen) atoms. The van der Waals surface area contributed by atoms with Crippen LogP contribution >= 0.6 is 0 Å². The van der Waals surface area contributed by atoms with E-state index in [0.717, 1.165) is 43.9 Å². The number of hydrogen-bond acceptors (Lipinski definition) is 3. The molecule has 0 aromatic heterocycles. The second-order valence-corrected chi connectivity index (χ2v) is 4.40. The highest BCUT2D eigenvalue weighted by atomic mass is 19.1. The minimum Gasteiger partial charge on any atom is -0.493 e. The molecule has 4 heteroatoms. The Labute approximate surface area is 102 Å². The standard InChI is InChI=1S/C13H19FN2O/c1-10-3-4-12(14)13(17-2)11(10)9-16-7-5-15-6-8-16/h3-4,15H,5-9H2,1-2H3. The number of methoxy groups -OCH3 is 1. The predicted molar refractivity (Wildman–Crippen MR) is 65.8 cm³/mol. The van der Waals surface area contributed by atoms with Gasteiger partial charge in [0.05, 0.1) is 7.11 Å². The second-order valence-electron chi connectivity index (χ2n) is 4.40. The fourth-order valence-corrected chi connectivity index (χ4v) is 2.21. The van der Waals surface area contributed by atoms with Crippen molar-refractivity contribution in [2.24, 2.45) is 0 Å². The molecule has 0 bridgehead atoms. The Balaban J connectivity index is 2.21. The fourth-order valence-electron chi connectivity index (χ4n) is 2.21. The normalized spacial score (nSPS) is 17.1. The molecule has 1 aromatic rings. The van der Waals surface area contributed by atoms with Gasteiger partial charge in [0.25, 0.3) is 0 Å². The lowest BCUT2D eigenvalue weighted by Crippen LogP contribution is -2.43. The molecule has 94 valence electrons. The Bertz CT molecular complexity index is 389. The maximum Gasteiger partial charge on any atom is 0.165 e. The molecule has 0 atom stereocenters. The molecule has 1 aromatic carbocycles. The maximum atomic E-state index is 13.6. The van der Waals surface area contributed by atoms with Crippen LogP contribution in [0.25, 0.3) is 0 Å². The van der Waals surface area contributed by atoms with Crippen molar-refractivity contribution in [3.63, 3.8) is 0 Å². The van der Waals surface area contributed by atoms with E-state index in [-0.39, 0.29) is 5.82 Å². The zero-order valence-corrected chi connectivity index (χ0v) is 10.4. The summed E-state index contributed by atoms with van der Waals surface area (Å²) in [6, 6.07) is 3.28. The molecule has 1 saturated heterocycles. The maximum absolute atomic E-state index is 13.6. The molecule has 1 fully saturated rings. The van der Waals surface area contributed by atoms with Gasteiger partial charge >= 0.3 is 0 Å². The lowest BCUT2D eigenvalue weighted by Gasteiger charge is -2.28. The summed E-state index contributed by atoms with van der Waals surface area (Å²) in [5, 5.41) is 3.31. The number of nitrogens with one attached hydrogen (secondary N) is 1. The van der Waals surface area contributed by atoms with Gasteiger partial charge in [0, 0.05) is 38.3 Å². The number of benzene rings is 1. The first-order chi connectivity index (χ1) is 8.22. The van der Waals surface area contributed by atoms with E-state index in [0.29, 0.717) is 5.75 Å². The highest BCUT2D eigenvalue weighted by molar-refractivity contribution is 5.40. The van der Waals surface area contributed by atoms with E-state index >= 15 is 0 Å². The van der Waals surface area contributed by atoms with Crippen LogP contribution in [0.2, 0.25) is 0 Å². The van der Waals surface area contributed by atoms with Crippen LogP contribution in [-0.2, 0) is 6.54 Å². The van der Waals surface area contributed by atoms with Gasteiger partial charge in [0.15, 0.2) is 11.6 Å². The van der Waals surface area contributed by atoms with Crippen molar-refractivity contribution < 1.29 is 9.13 Å². The van der Waals surface area contributed by atoms with Crippen molar-refractivity contribution in [3.8, 4) is 5.75 Å². The Morgan fingerprint density at radius 1 is 1.35 bits per heavy atom. The zero-order chi connectivity index (χ0) is 12.3. The van der Waals surface area contributed by atoms with E-state index in [9.17, 15) is 4.39 Å². The molecular weight excluding hydrogens is 219 g/mol. The number of ether oxygens (including phenoxy) is 1. The van der Waals surface area contributed by atoms with Crippen LogP contribution in [0.1, 0.15) is 11.1 Å². The summed E-state index contributed by atoms with van der Waals surface area (Å²) in [6.45, 7) is 6.75. The number of hydrogen-bond donors (Lipinski definition) is 1. The first-order valence-electron chi connectivity index (χ1n) is 5.97. The van der Waals surface area contributed by atoms with Crippen molar-refractivity contribution in [1.29, 1.82) is 0 Å². The lowest BCUT2D eigenvalue weighted by atomic mass is 10.1. The first-order valence-corrected chi connectivity index (χ1v) is 5.97. The van der Waals surface area contributed by atoms with Gasteiger partial charge in [-0.05, 0) is 18.6 Å². The second kappa shape index (κ2) is 5.47. The number of rotatable bonds is 3. The van der Waals surface area contributed by atoms with Gasteiger partial charge in [0.1, 0.15) is 0 Å². The number of nitrogens with zero attached hydrogens (tertiary/aromatic N) is 1. The highest BCUT2D eigenvalue weighted by Crippen LogP contribution is 2.27. The molecule has 0 unspecified atom stereocenters. The molecule has 0 aliphatic carbocycles. The third kappa shape index (κ3) is 2.76. The quantitative estimate of drug-likeness (QED) is 0.864. The largest absolute Gasteiger partial charge is 0.493 e. The number of aryl methyl sites for hydroxylation is 1. The van der Waals surface area contributed by atoms with Crippen LogP contribution in [0.3, 0.4) is 0 Å². The molecule has 1 aliphatic heterocycles. The predicted octanol–water partition coefficient (Wildman–Crippen LogP) is 1.55. The average molecular weight is 238 g/mol. The van der Waals surface area contributed by atoms with Gasteiger partial charge in [-0.25, -0.2) is 4.39 Å². The van der Waals surface area contributed by atoms with Crippen molar-refractivity contribution in [2.45, 2.75) is 13.5 Å². The van der Waals surface area contributed by atoms with Gasteiger partial charge < -0.3 is 10.1 Å². The Morgan fingerprint density at radius 3 is 2.71 bits per heavy atom. The van der Waals surface area contributed by atoms with Crippen molar-refractivity contribution in [3.05, 3.63) is 29.1 Å². The van der Waals surface area contributed by atoms with Crippen LogP contribution < -0.4 is 10.1 Å². The molecule has 0 saturated carbocycles. The molecule has 1 N–H and O–H groups in total. The fraction of sp³-hybridized carbons (Fsp3) is 0.538. The average Bonchev–Trinajstić information content (AvgIpc) is 2.35. The molecule has 1 aliphatic rings. The van der Waals surface area contributed by atoms with E-state index in [4.69, 9.17) is 4.74 Å². The Hall–Kier alpha value is -1.13. The number of halogens is 1. The van der Waals surface area contributed by atoms with Gasteiger partial charge in [-0.1, -0.05) is 6.07 Å². The van der Waals surface area contributed by atoms with Crippen LogP contribution in [-0.4, -0.2) is 38.2 Å². The van der Waals surface area contributed by atoms with Crippen LogP contribution in [0, 0.1) is 12.7 Å². The van der Waals surface area contributed by atoms with Crippen molar-refractivity contribution in [2.75, 3.05) is 33.3 Å². The minimum atomic E-state index is -0.275. The summed E-state index contributed by atoms with van der Waals surface area (Å²) < 4.78 is 18.8. The van der Waals surface area contributed by atoms with Gasteiger partial charge in [-0.2, -0.15) is 0 Å². The molecule has 3 nitrogen and oxygen atoms in total. The summed E-state index contributed by atoms with van der Waals surface area (Å²) in [4.78, 5) is 2.32. The summed E-state index contributed by atoms with van der Waals surface area (Å²) in [6.07, 6.45) is 0. The van der Waals surface area contributed by atoms with Crippen LogP contribution in [0.4, 0.5) is 4.39 Å². The molecule has 0 amide bonds. The van der Waals surface area contributed by atoms with E-state index in [1.54, 1.807) is 0 Å². The molecular formula is C13H19FN2O. The monoisotopic (exact) mass is 238 g/mol. The van der Waals surface area contributed by atoms with E-state index in [2.05, 4.69) is 10.2 Å². The summed E-state index contributed by atoms with van der Waals surface area (Å²) >= 11 is 0. The third-order valence-corrected chi connectivity index (χ3v) is 3.24. The Kier molecular flexibility index (Phi) is 3.97. The van der Waals surface area contributed by atoms with E-state index in [1.165, 1.54) is 13.2 Å². The highest BCUT2D eigenvalue weighted by Gasteiger charge is 2.16. The van der Waals surface area contributed by atoms with Crippen LogP contribution in [0.5, 0.6) is 5.75 Å². The van der Waals surface area contributed by atoms with E-state index < -0.39 is 0 Å². The van der Waals surface area contributed by atoms with Gasteiger partial charge in [0.2, 0.25) is 0 Å². The summed E-state index contributed by atoms with van der Waals surface area (Å²) in [7, 11) is 1.53. The van der Waals surface area contributed by atoms with E-state index in [1.807, 2.05) is 13.0 Å². The van der Waals surface area contributed by atoms with Crippen LogP contribution in [0.15, 0.2) is 12.1 Å². The molecule has 2 rings (SSSR count). The molecule has 0 radical (unpaired) electrons. The topological polar surface area (TPSA) is 24.5 Å². The first kappa shape index (κ1) is 12.3. The SMILES string of the molecule is COc1c(F)ccc(C)c1CN1CCNCC1. The zero-order valence-electron chi connectivity index (χ0n) is 10.4. The lowest BCUT2D eigenvalue weighted by molar-refractivity contribution is 0.228. The Morgan fingerprint density at radius 2 is 2.06 bits per heavy atom. The summed E-state index contributed by atoms with van der Waals surface area (Å²) in [5.74, 6) is 0.117. The van der Waals surface area contributed by atoms with Crippen molar-refractivity contribution in [1.82, 2.24) is 10.2 Å². The molecule has 1 heterocycles. The third-order valence-electron chi connectivity index (χ3n) is 3.24. The molecule has 0 spiro atoms. The smallest absolute Gasteiger partial charge is 0.165 e. The van der Waals surface area contributed by atoms with Gasteiger partial charge in [-0.15, -0.1) is 0 Å². The van der Waals surface area contributed by atoms with Gasteiger partial charge in [-0.3, -0.25) is 4.90 Å². The van der Waals surface area contributed by atoms with Crippen molar-refractivity contribution >= 4 is 0 Å². The minimum absolute atomic E-state index is 0.275. The summed E-state index contributed by atoms with van der Waals surface area (Å²) in [5.41, 5.74) is 2.05.